The van der Waals surface area contributed by atoms with Crippen LogP contribution in [-0.4, -0.2) is 35.6 Å². The number of rotatable bonds is 2. The van der Waals surface area contributed by atoms with Crippen LogP contribution < -0.4 is 16.0 Å². The molecule has 1 aromatic heterocycles. The Kier molecular flexibility index (Phi) is 5.37. The van der Waals surface area contributed by atoms with Crippen LogP contribution in [0.25, 0.3) is 11.3 Å². The van der Waals surface area contributed by atoms with Crippen molar-refractivity contribution in [3.05, 3.63) is 34.9 Å². The first kappa shape index (κ1) is 18.2. The van der Waals surface area contributed by atoms with E-state index in [1.165, 1.54) is 12.8 Å². The molecule has 0 radical (unpaired) electrons. The van der Waals surface area contributed by atoms with Crippen LogP contribution in [0.2, 0.25) is 5.02 Å². The van der Waals surface area contributed by atoms with E-state index in [1.807, 2.05) is 24.3 Å². The van der Waals surface area contributed by atoms with Crippen LogP contribution in [0.3, 0.4) is 0 Å². The summed E-state index contributed by atoms with van der Waals surface area (Å²) in [7, 11) is 0. The van der Waals surface area contributed by atoms with Gasteiger partial charge >= 0.3 is 0 Å². The average Bonchev–Trinajstić information content (AvgIpc) is 3.00. The van der Waals surface area contributed by atoms with E-state index in [0.717, 1.165) is 42.3 Å². The van der Waals surface area contributed by atoms with Gasteiger partial charge in [0.15, 0.2) is 0 Å². The summed E-state index contributed by atoms with van der Waals surface area (Å²) in [4.78, 5) is 11.4. The van der Waals surface area contributed by atoms with Crippen LogP contribution in [0, 0.1) is 12.8 Å². The van der Waals surface area contributed by atoms with E-state index in [2.05, 4.69) is 27.1 Å². The number of hydrogen-bond donors (Lipinski definition) is 2. The summed E-state index contributed by atoms with van der Waals surface area (Å²) in [5.41, 5.74) is 8.92. The van der Waals surface area contributed by atoms with Gasteiger partial charge in [-0.2, -0.15) is 4.98 Å². The number of nitrogens with zero attached hydrogens (tertiary/aromatic N) is 3. The molecule has 2 aromatic rings. The molecule has 7 heteroatoms. The maximum Gasteiger partial charge on any atom is 0.222 e. The Morgan fingerprint density at radius 1 is 1.28 bits per heavy atom. The zero-order valence-electron chi connectivity index (χ0n) is 14.2. The third kappa shape index (κ3) is 3.54. The number of halogens is 2. The van der Waals surface area contributed by atoms with Gasteiger partial charge in [0.05, 0.1) is 5.69 Å². The molecule has 1 aromatic carbocycles. The maximum absolute atomic E-state index is 6.14. The molecule has 2 atom stereocenters. The Morgan fingerprint density at radius 2 is 2.12 bits per heavy atom. The number of nitrogens with two attached hydrogens (primary N) is 1. The summed E-state index contributed by atoms with van der Waals surface area (Å²) in [6.07, 6.45) is 2.54. The number of anilines is 2. The zero-order valence-corrected chi connectivity index (χ0v) is 15.8. The van der Waals surface area contributed by atoms with Crippen LogP contribution in [0.4, 0.5) is 11.8 Å². The summed E-state index contributed by atoms with van der Waals surface area (Å²) in [5, 5.41) is 4.33. The number of benzene rings is 1. The Hall–Kier alpha value is -1.56. The lowest BCUT2D eigenvalue weighted by Crippen LogP contribution is -2.40. The number of piperidine rings is 1. The molecule has 0 saturated carbocycles. The predicted molar refractivity (Wildman–Crippen MR) is 106 cm³/mol. The third-order valence-corrected chi connectivity index (χ3v) is 5.37. The first-order valence-electron chi connectivity index (χ1n) is 8.50. The molecule has 0 bridgehead atoms. The molecule has 3 heterocycles. The van der Waals surface area contributed by atoms with Gasteiger partial charge in [0.2, 0.25) is 5.95 Å². The van der Waals surface area contributed by atoms with Crippen molar-refractivity contribution >= 4 is 35.8 Å². The molecule has 0 spiro atoms. The van der Waals surface area contributed by atoms with Gasteiger partial charge in [-0.15, -0.1) is 12.4 Å². The molecule has 3 N–H and O–H groups in total. The zero-order chi connectivity index (χ0) is 16.7. The number of nitrogen functional groups attached to an aromatic ring is 1. The SMILES string of the molecule is Cc1c(-c2cccc(Cl)c2)nc(N)nc1N1C[C@H]2CCCN[C@H]2C1.Cl. The lowest BCUT2D eigenvalue weighted by molar-refractivity contribution is 0.340. The molecule has 2 aliphatic heterocycles. The van der Waals surface area contributed by atoms with Gasteiger partial charge < -0.3 is 16.0 Å². The van der Waals surface area contributed by atoms with E-state index in [-0.39, 0.29) is 12.4 Å². The molecule has 5 nitrogen and oxygen atoms in total. The predicted octanol–water partition coefficient (Wildman–Crippen LogP) is 3.30. The molecule has 2 saturated heterocycles. The van der Waals surface area contributed by atoms with E-state index >= 15 is 0 Å². The smallest absolute Gasteiger partial charge is 0.222 e. The topological polar surface area (TPSA) is 67.1 Å². The van der Waals surface area contributed by atoms with Crippen molar-refractivity contribution in [2.75, 3.05) is 30.3 Å². The van der Waals surface area contributed by atoms with Crippen molar-refractivity contribution in [1.82, 2.24) is 15.3 Å². The molecule has 0 amide bonds. The second-order valence-electron chi connectivity index (χ2n) is 6.76. The van der Waals surface area contributed by atoms with Crippen LogP contribution >= 0.6 is 24.0 Å². The van der Waals surface area contributed by atoms with Gasteiger partial charge in [0, 0.05) is 35.3 Å². The van der Waals surface area contributed by atoms with Crippen molar-refractivity contribution in [3.63, 3.8) is 0 Å². The largest absolute Gasteiger partial charge is 0.368 e. The van der Waals surface area contributed by atoms with Crippen molar-refractivity contribution < 1.29 is 0 Å². The van der Waals surface area contributed by atoms with Gasteiger partial charge in [-0.25, -0.2) is 4.98 Å². The summed E-state index contributed by atoms with van der Waals surface area (Å²) in [6, 6.07) is 8.29. The van der Waals surface area contributed by atoms with Gasteiger partial charge in [0.25, 0.3) is 0 Å². The molecule has 134 valence electrons. The Bertz CT molecular complexity index is 753. The highest BCUT2D eigenvalue weighted by molar-refractivity contribution is 6.30. The quantitative estimate of drug-likeness (QED) is 0.837. The fraction of sp³-hybridized carbons (Fsp3) is 0.444. The monoisotopic (exact) mass is 379 g/mol. The van der Waals surface area contributed by atoms with Crippen LogP contribution in [0.15, 0.2) is 24.3 Å². The molecular weight excluding hydrogens is 357 g/mol. The van der Waals surface area contributed by atoms with Crippen molar-refractivity contribution in [1.29, 1.82) is 0 Å². The summed E-state index contributed by atoms with van der Waals surface area (Å²) < 4.78 is 0. The summed E-state index contributed by atoms with van der Waals surface area (Å²) in [6.45, 7) is 5.20. The van der Waals surface area contributed by atoms with E-state index in [9.17, 15) is 0 Å². The van der Waals surface area contributed by atoms with Gasteiger partial charge in [0.1, 0.15) is 5.82 Å². The van der Waals surface area contributed by atoms with E-state index in [1.54, 1.807) is 0 Å². The summed E-state index contributed by atoms with van der Waals surface area (Å²) in [5.74, 6) is 1.96. The van der Waals surface area contributed by atoms with Crippen LogP contribution in [0.1, 0.15) is 18.4 Å². The third-order valence-electron chi connectivity index (χ3n) is 5.13. The fourth-order valence-corrected chi connectivity index (χ4v) is 4.16. The summed E-state index contributed by atoms with van der Waals surface area (Å²) >= 11 is 6.14. The normalized spacial score (nSPS) is 22.4. The first-order chi connectivity index (χ1) is 11.6. The molecule has 2 aliphatic rings. The van der Waals surface area contributed by atoms with Gasteiger partial charge in [-0.1, -0.05) is 23.7 Å². The number of aromatic nitrogens is 2. The lowest BCUT2D eigenvalue weighted by atomic mass is 9.94. The van der Waals surface area contributed by atoms with E-state index in [0.29, 0.717) is 22.9 Å². The highest BCUT2D eigenvalue weighted by Gasteiger charge is 2.35. The standard InChI is InChI=1S/C18H22ClN5.ClH/c1-11-16(12-4-2-6-14(19)8-12)22-18(20)23-17(11)24-9-13-5-3-7-21-15(13)10-24;/h2,4,6,8,13,15,21H,3,5,7,9-10H2,1H3,(H2,20,22,23);1H/t13-,15+;/m1./s1. The molecule has 0 unspecified atom stereocenters. The molecule has 25 heavy (non-hydrogen) atoms. The number of fused-ring (bicyclic) bond motifs is 1. The van der Waals surface area contributed by atoms with E-state index in [4.69, 9.17) is 17.3 Å². The van der Waals surface area contributed by atoms with Gasteiger partial charge in [-0.05, 0) is 44.4 Å². The second-order valence-corrected chi connectivity index (χ2v) is 7.19. The molecule has 4 rings (SSSR count). The average molecular weight is 380 g/mol. The number of nitrogens with one attached hydrogen (secondary N) is 1. The minimum atomic E-state index is 0. The fourth-order valence-electron chi connectivity index (χ4n) is 3.97. The molecule has 0 aliphatic carbocycles. The first-order valence-corrected chi connectivity index (χ1v) is 8.88. The molecule has 2 fully saturated rings. The van der Waals surface area contributed by atoms with Crippen molar-refractivity contribution in [3.8, 4) is 11.3 Å². The van der Waals surface area contributed by atoms with E-state index < -0.39 is 0 Å². The van der Waals surface area contributed by atoms with Gasteiger partial charge in [-0.3, -0.25) is 0 Å². The maximum atomic E-state index is 6.14. The van der Waals surface area contributed by atoms with Crippen LogP contribution in [-0.2, 0) is 0 Å². The highest BCUT2D eigenvalue weighted by Crippen LogP contribution is 2.34. The minimum Gasteiger partial charge on any atom is -0.368 e. The lowest BCUT2D eigenvalue weighted by Gasteiger charge is -2.24. The Labute approximate surface area is 159 Å². The van der Waals surface area contributed by atoms with Crippen molar-refractivity contribution in [2.45, 2.75) is 25.8 Å². The number of hydrogen-bond acceptors (Lipinski definition) is 5. The highest BCUT2D eigenvalue weighted by atomic mass is 35.5. The Morgan fingerprint density at radius 3 is 2.88 bits per heavy atom. The molecular formula is C18H23Cl2N5. The van der Waals surface area contributed by atoms with Crippen molar-refractivity contribution in [2.24, 2.45) is 5.92 Å². The second kappa shape index (κ2) is 7.36. The Balaban J connectivity index is 0.00000182. The van der Waals surface area contributed by atoms with Crippen LogP contribution in [0.5, 0.6) is 0 Å². The minimum absolute atomic E-state index is 0.